The molecule has 0 saturated heterocycles. The van der Waals surface area contributed by atoms with E-state index in [2.05, 4.69) is 29.2 Å². The Hall–Kier alpha value is -1.26. The molecule has 0 aromatic heterocycles. The normalized spacial score (nSPS) is 26.3. The molecule has 0 aromatic carbocycles. The van der Waals surface area contributed by atoms with E-state index >= 15 is 0 Å². The zero-order chi connectivity index (χ0) is 13.6. The largest absolute Gasteiger partial charge is 0.465 e. The van der Waals surface area contributed by atoms with Gasteiger partial charge in [0.05, 0.1) is 6.61 Å². The van der Waals surface area contributed by atoms with Gasteiger partial charge in [-0.15, -0.1) is 0 Å². The molecule has 0 aliphatic heterocycles. The highest BCUT2D eigenvalue weighted by atomic mass is 16.5. The molecule has 1 fully saturated rings. The lowest BCUT2D eigenvalue weighted by Gasteiger charge is -2.47. The van der Waals surface area contributed by atoms with Gasteiger partial charge in [-0.1, -0.05) is 19.0 Å². The molecule has 1 aliphatic rings. The molecule has 102 valence electrons. The molecule has 0 aromatic rings. The Balaban J connectivity index is 2.54. The van der Waals surface area contributed by atoms with Crippen LogP contribution < -0.4 is 5.32 Å². The summed E-state index contributed by atoms with van der Waals surface area (Å²) in [5.41, 5.74) is 7.65. The van der Waals surface area contributed by atoms with Gasteiger partial charge in [0, 0.05) is 18.0 Å². The van der Waals surface area contributed by atoms with Crippen LogP contribution in [0.2, 0.25) is 0 Å². The zero-order valence-electron chi connectivity index (χ0n) is 11.3. The molecule has 0 spiro atoms. The molecule has 1 N–H and O–H groups in total. The molecule has 0 unspecified atom stereocenters. The summed E-state index contributed by atoms with van der Waals surface area (Å²) in [5, 5.41) is 6.66. The van der Waals surface area contributed by atoms with Crippen LogP contribution in [-0.2, 0) is 9.53 Å². The van der Waals surface area contributed by atoms with E-state index in [1.165, 1.54) is 0 Å². The molecule has 0 radical (unpaired) electrons. The maximum atomic E-state index is 12.0. The Kier molecular flexibility index (Phi) is 5.44. The minimum absolute atomic E-state index is 0.178. The van der Waals surface area contributed by atoms with Gasteiger partial charge in [0.1, 0.15) is 5.54 Å². The van der Waals surface area contributed by atoms with E-state index < -0.39 is 5.54 Å². The van der Waals surface area contributed by atoms with Crippen molar-refractivity contribution < 1.29 is 9.53 Å². The predicted octanol–water partition coefficient (Wildman–Crippen LogP) is 2.25. The number of nitrogens with zero attached hydrogens (tertiary/aromatic N) is 3. The van der Waals surface area contributed by atoms with Crippen molar-refractivity contribution in [3.05, 3.63) is 10.4 Å². The van der Waals surface area contributed by atoms with Gasteiger partial charge in [-0.25, -0.2) is 0 Å². The SMILES string of the molecule is CCOC(=O)C1(NCCN=[N+]=[N-])CC(C(C)C)C1. The number of hydrogen-bond donors (Lipinski definition) is 1. The van der Waals surface area contributed by atoms with E-state index in [1.807, 2.05) is 6.92 Å². The van der Waals surface area contributed by atoms with Gasteiger partial charge in [0.25, 0.3) is 0 Å². The van der Waals surface area contributed by atoms with Gasteiger partial charge in [0.2, 0.25) is 0 Å². The lowest BCUT2D eigenvalue weighted by atomic mass is 9.64. The molecule has 1 rings (SSSR count). The third-order valence-corrected chi connectivity index (χ3v) is 3.57. The molecule has 1 saturated carbocycles. The van der Waals surface area contributed by atoms with Crippen molar-refractivity contribution in [3.63, 3.8) is 0 Å². The highest BCUT2D eigenvalue weighted by Crippen LogP contribution is 2.42. The Labute approximate surface area is 108 Å². The van der Waals surface area contributed by atoms with Crippen LogP contribution in [0.25, 0.3) is 10.4 Å². The fourth-order valence-corrected chi connectivity index (χ4v) is 2.35. The fraction of sp³-hybridized carbons (Fsp3) is 0.917. The van der Waals surface area contributed by atoms with Gasteiger partial charge in [0.15, 0.2) is 0 Å². The molecular weight excluding hydrogens is 232 g/mol. The first-order chi connectivity index (χ1) is 8.55. The van der Waals surface area contributed by atoms with Crippen molar-refractivity contribution in [3.8, 4) is 0 Å². The number of rotatable bonds is 7. The second kappa shape index (κ2) is 6.61. The number of esters is 1. The van der Waals surface area contributed by atoms with E-state index in [9.17, 15) is 4.79 Å². The van der Waals surface area contributed by atoms with E-state index in [0.29, 0.717) is 31.5 Å². The Morgan fingerprint density at radius 3 is 2.78 bits per heavy atom. The van der Waals surface area contributed by atoms with Crippen LogP contribution >= 0.6 is 0 Å². The fourth-order valence-electron chi connectivity index (χ4n) is 2.35. The van der Waals surface area contributed by atoms with Crippen molar-refractivity contribution >= 4 is 5.97 Å². The summed E-state index contributed by atoms with van der Waals surface area (Å²) < 4.78 is 5.13. The molecule has 6 heteroatoms. The number of carbonyl (C=O) groups excluding carboxylic acids is 1. The summed E-state index contributed by atoms with van der Waals surface area (Å²) in [6, 6.07) is 0. The van der Waals surface area contributed by atoms with Crippen LogP contribution in [0.15, 0.2) is 5.11 Å². The summed E-state index contributed by atoms with van der Waals surface area (Å²) in [4.78, 5) is 14.7. The molecule has 1 aliphatic carbocycles. The quantitative estimate of drug-likeness (QED) is 0.248. The van der Waals surface area contributed by atoms with Gasteiger partial charge < -0.3 is 10.1 Å². The van der Waals surface area contributed by atoms with E-state index in [4.69, 9.17) is 10.3 Å². The zero-order valence-corrected chi connectivity index (χ0v) is 11.3. The maximum Gasteiger partial charge on any atom is 0.326 e. The highest BCUT2D eigenvalue weighted by Gasteiger charge is 2.51. The average Bonchev–Trinajstić information content (AvgIpc) is 2.26. The Morgan fingerprint density at radius 1 is 1.61 bits per heavy atom. The molecule has 6 nitrogen and oxygen atoms in total. The van der Waals surface area contributed by atoms with E-state index in [-0.39, 0.29) is 5.97 Å². The Morgan fingerprint density at radius 2 is 2.28 bits per heavy atom. The van der Waals surface area contributed by atoms with Crippen LogP contribution in [0.3, 0.4) is 0 Å². The van der Waals surface area contributed by atoms with Crippen LogP contribution in [0, 0.1) is 11.8 Å². The summed E-state index contributed by atoms with van der Waals surface area (Å²) >= 11 is 0. The first-order valence-electron chi connectivity index (χ1n) is 6.49. The second-order valence-corrected chi connectivity index (χ2v) is 5.10. The van der Waals surface area contributed by atoms with Gasteiger partial charge in [-0.3, -0.25) is 4.79 Å². The maximum absolute atomic E-state index is 12.0. The summed E-state index contributed by atoms with van der Waals surface area (Å²) in [7, 11) is 0. The second-order valence-electron chi connectivity index (χ2n) is 5.10. The molecule has 0 atom stereocenters. The summed E-state index contributed by atoms with van der Waals surface area (Å²) in [5.74, 6) is 0.954. The predicted molar refractivity (Wildman–Crippen MR) is 68.9 cm³/mol. The van der Waals surface area contributed by atoms with Gasteiger partial charge in [-0.05, 0) is 37.1 Å². The van der Waals surface area contributed by atoms with E-state index in [1.54, 1.807) is 0 Å². The summed E-state index contributed by atoms with van der Waals surface area (Å²) in [6.07, 6.45) is 1.61. The molecule has 0 amide bonds. The first kappa shape index (κ1) is 14.8. The molecular formula is C12H22N4O2. The average molecular weight is 254 g/mol. The van der Waals surface area contributed by atoms with Crippen molar-refractivity contribution in [1.82, 2.24) is 5.32 Å². The standard InChI is InChI=1S/C12H22N4O2/c1-4-18-11(17)12(14-5-6-15-16-13)7-10(8-12)9(2)3/h9-10,14H,4-8H2,1-3H3. The number of nitrogens with one attached hydrogen (secondary N) is 1. The van der Waals surface area contributed by atoms with Crippen molar-refractivity contribution in [2.75, 3.05) is 19.7 Å². The first-order valence-corrected chi connectivity index (χ1v) is 6.49. The van der Waals surface area contributed by atoms with Crippen LogP contribution in [0.5, 0.6) is 0 Å². The number of ether oxygens (including phenoxy) is 1. The van der Waals surface area contributed by atoms with Crippen molar-refractivity contribution in [2.24, 2.45) is 17.0 Å². The monoisotopic (exact) mass is 254 g/mol. The minimum Gasteiger partial charge on any atom is -0.465 e. The lowest BCUT2D eigenvalue weighted by Crippen LogP contribution is -2.62. The van der Waals surface area contributed by atoms with Gasteiger partial charge in [-0.2, -0.15) is 0 Å². The smallest absolute Gasteiger partial charge is 0.326 e. The summed E-state index contributed by atoms with van der Waals surface area (Å²) in [6.45, 7) is 7.40. The Bertz CT molecular complexity index is 331. The number of carbonyl (C=O) groups is 1. The number of azide groups is 1. The lowest BCUT2D eigenvalue weighted by molar-refractivity contribution is -0.158. The third-order valence-electron chi connectivity index (χ3n) is 3.57. The third kappa shape index (κ3) is 3.37. The van der Waals surface area contributed by atoms with Crippen molar-refractivity contribution in [2.45, 2.75) is 39.2 Å². The molecule has 0 heterocycles. The van der Waals surface area contributed by atoms with E-state index in [0.717, 1.165) is 12.8 Å². The van der Waals surface area contributed by atoms with Crippen LogP contribution in [0.4, 0.5) is 0 Å². The van der Waals surface area contributed by atoms with Crippen LogP contribution in [0.1, 0.15) is 33.6 Å². The highest BCUT2D eigenvalue weighted by molar-refractivity contribution is 5.82. The minimum atomic E-state index is -0.560. The topological polar surface area (TPSA) is 87.1 Å². The number of hydrogen-bond acceptors (Lipinski definition) is 4. The van der Waals surface area contributed by atoms with Crippen molar-refractivity contribution in [1.29, 1.82) is 0 Å². The molecule has 0 bridgehead atoms. The molecule has 18 heavy (non-hydrogen) atoms. The van der Waals surface area contributed by atoms with Gasteiger partial charge >= 0.3 is 5.97 Å². The van der Waals surface area contributed by atoms with Crippen LogP contribution in [-0.4, -0.2) is 31.2 Å².